The van der Waals surface area contributed by atoms with Crippen molar-refractivity contribution in [1.29, 1.82) is 0 Å². The number of carbonyl (C=O) groups excluding carboxylic acids is 1. The molecule has 1 heterocycles. The predicted molar refractivity (Wildman–Crippen MR) is 106 cm³/mol. The first kappa shape index (κ1) is 19.0. The first-order chi connectivity index (χ1) is 12.1. The largest absolute Gasteiger partial charge is 0.370 e. The van der Waals surface area contributed by atoms with E-state index in [-0.39, 0.29) is 5.91 Å². The first-order valence-corrected chi connectivity index (χ1v) is 9.22. The van der Waals surface area contributed by atoms with E-state index in [1.807, 2.05) is 36.9 Å². The quantitative estimate of drug-likeness (QED) is 0.749. The van der Waals surface area contributed by atoms with Crippen LogP contribution in [0.25, 0.3) is 0 Å². The van der Waals surface area contributed by atoms with E-state index in [0.717, 1.165) is 42.9 Å². The fourth-order valence-electron chi connectivity index (χ4n) is 2.94. The smallest absolute Gasteiger partial charge is 0.260 e. The number of anilines is 2. The Morgan fingerprint density at radius 1 is 1.16 bits per heavy atom. The van der Waals surface area contributed by atoms with Crippen molar-refractivity contribution >= 4 is 17.4 Å². The Morgan fingerprint density at radius 3 is 2.60 bits per heavy atom. The summed E-state index contributed by atoms with van der Waals surface area (Å²) in [5.41, 5.74) is 3.84. The van der Waals surface area contributed by atoms with Crippen LogP contribution in [-0.2, 0) is 6.42 Å². The number of pyridine rings is 1. The van der Waals surface area contributed by atoms with Gasteiger partial charge in [-0.3, -0.25) is 4.79 Å². The molecule has 4 nitrogen and oxygen atoms in total. The minimum atomic E-state index is 0.0172. The van der Waals surface area contributed by atoms with E-state index in [1.165, 1.54) is 5.56 Å². The van der Waals surface area contributed by atoms with E-state index in [1.54, 1.807) is 6.20 Å². The van der Waals surface area contributed by atoms with Crippen LogP contribution < -0.4 is 10.2 Å². The molecular formula is C21H29N3O. The SMILES string of the molecule is CCCc1cccc(N(CCC)C(=O)c2cnc(NCC)cc2C)c1. The fraction of sp³-hybridized carbons (Fsp3) is 0.429. The Morgan fingerprint density at radius 2 is 1.96 bits per heavy atom. The van der Waals surface area contributed by atoms with Crippen molar-refractivity contribution in [1.82, 2.24) is 4.98 Å². The van der Waals surface area contributed by atoms with Crippen LogP contribution in [0.15, 0.2) is 36.5 Å². The van der Waals surface area contributed by atoms with Crippen molar-refractivity contribution in [2.45, 2.75) is 47.0 Å². The van der Waals surface area contributed by atoms with Gasteiger partial charge in [-0.05, 0) is 56.0 Å². The lowest BCUT2D eigenvalue weighted by Gasteiger charge is -2.24. The van der Waals surface area contributed by atoms with Gasteiger partial charge in [-0.1, -0.05) is 32.4 Å². The summed E-state index contributed by atoms with van der Waals surface area (Å²) >= 11 is 0. The normalized spacial score (nSPS) is 10.6. The van der Waals surface area contributed by atoms with Gasteiger partial charge in [-0.2, -0.15) is 0 Å². The van der Waals surface area contributed by atoms with Gasteiger partial charge in [0.25, 0.3) is 5.91 Å². The number of amides is 1. The van der Waals surface area contributed by atoms with E-state index in [4.69, 9.17) is 0 Å². The maximum Gasteiger partial charge on any atom is 0.260 e. The van der Waals surface area contributed by atoms with Gasteiger partial charge < -0.3 is 10.2 Å². The molecule has 1 aromatic carbocycles. The molecule has 2 aromatic rings. The summed E-state index contributed by atoms with van der Waals surface area (Å²) in [6.07, 6.45) is 4.72. The van der Waals surface area contributed by atoms with E-state index in [0.29, 0.717) is 12.1 Å². The molecular weight excluding hydrogens is 310 g/mol. The van der Waals surface area contributed by atoms with Gasteiger partial charge in [-0.25, -0.2) is 4.98 Å². The molecule has 134 valence electrons. The molecule has 0 bridgehead atoms. The zero-order valence-electron chi connectivity index (χ0n) is 15.8. The number of benzene rings is 1. The van der Waals surface area contributed by atoms with E-state index in [9.17, 15) is 4.79 Å². The van der Waals surface area contributed by atoms with Crippen LogP contribution in [0.1, 0.15) is 55.1 Å². The second-order valence-corrected chi connectivity index (χ2v) is 6.29. The lowest BCUT2D eigenvalue weighted by molar-refractivity contribution is 0.0986. The highest BCUT2D eigenvalue weighted by molar-refractivity contribution is 6.07. The Balaban J connectivity index is 2.33. The predicted octanol–water partition coefficient (Wildman–Crippen LogP) is 4.83. The lowest BCUT2D eigenvalue weighted by atomic mass is 10.1. The van der Waals surface area contributed by atoms with E-state index < -0.39 is 0 Å². The van der Waals surface area contributed by atoms with E-state index >= 15 is 0 Å². The summed E-state index contributed by atoms with van der Waals surface area (Å²) in [4.78, 5) is 19.4. The zero-order valence-corrected chi connectivity index (χ0v) is 15.8. The second kappa shape index (κ2) is 9.21. The van der Waals surface area contributed by atoms with Crippen LogP contribution in [0.2, 0.25) is 0 Å². The second-order valence-electron chi connectivity index (χ2n) is 6.29. The summed E-state index contributed by atoms with van der Waals surface area (Å²) in [6, 6.07) is 10.2. The molecule has 2 rings (SSSR count). The summed E-state index contributed by atoms with van der Waals surface area (Å²) in [6.45, 7) is 9.77. The number of aromatic nitrogens is 1. The van der Waals surface area contributed by atoms with Crippen molar-refractivity contribution in [3.8, 4) is 0 Å². The van der Waals surface area contributed by atoms with Crippen LogP contribution in [0, 0.1) is 6.92 Å². The third kappa shape index (κ3) is 4.81. The summed E-state index contributed by atoms with van der Waals surface area (Å²) in [5, 5.41) is 3.19. The lowest BCUT2D eigenvalue weighted by Crippen LogP contribution is -2.32. The molecule has 1 amide bonds. The van der Waals surface area contributed by atoms with Crippen molar-refractivity contribution in [2.24, 2.45) is 0 Å². The third-order valence-corrected chi connectivity index (χ3v) is 4.15. The van der Waals surface area contributed by atoms with Gasteiger partial charge in [0.15, 0.2) is 0 Å². The molecule has 0 saturated carbocycles. The van der Waals surface area contributed by atoms with Gasteiger partial charge in [0.2, 0.25) is 0 Å². The van der Waals surface area contributed by atoms with Gasteiger partial charge >= 0.3 is 0 Å². The Labute approximate surface area is 151 Å². The summed E-state index contributed by atoms with van der Waals surface area (Å²) in [7, 11) is 0. The minimum Gasteiger partial charge on any atom is -0.370 e. The third-order valence-electron chi connectivity index (χ3n) is 4.15. The monoisotopic (exact) mass is 339 g/mol. The number of carbonyl (C=O) groups is 1. The topological polar surface area (TPSA) is 45.2 Å². The molecule has 0 aliphatic heterocycles. The number of aryl methyl sites for hydroxylation is 2. The minimum absolute atomic E-state index is 0.0172. The number of hydrogen-bond donors (Lipinski definition) is 1. The van der Waals surface area contributed by atoms with Crippen LogP contribution >= 0.6 is 0 Å². The molecule has 0 unspecified atom stereocenters. The van der Waals surface area contributed by atoms with Crippen LogP contribution in [-0.4, -0.2) is 24.0 Å². The highest BCUT2D eigenvalue weighted by atomic mass is 16.2. The summed E-state index contributed by atoms with van der Waals surface area (Å²) in [5.74, 6) is 0.826. The van der Waals surface area contributed by atoms with Gasteiger partial charge in [0.05, 0.1) is 5.56 Å². The molecule has 1 aromatic heterocycles. The molecule has 0 aliphatic rings. The molecule has 4 heteroatoms. The van der Waals surface area contributed by atoms with E-state index in [2.05, 4.69) is 36.3 Å². The molecule has 0 radical (unpaired) electrons. The number of nitrogens with one attached hydrogen (secondary N) is 1. The molecule has 25 heavy (non-hydrogen) atoms. The van der Waals surface area contributed by atoms with Gasteiger partial charge in [0.1, 0.15) is 5.82 Å². The van der Waals surface area contributed by atoms with Crippen molar-refractivity contribution in [3.05, 3.63) is 53.2 Å². The Bertz CT molecular complexity index is 712. The highest BCUT2D eigenvalue weighted by Crippen LogP contribution is 2.22. The van der Waals surface area contributed by atoms with Crippen LogP contribution in [0.4, 0.5) is 11.5 Å². The molecule has 1 N–H and O–H groups in total. The maximum atomic E-state index is 13.2. The van der Waals surface area contributed by atoms with Gasteiger partial charge in [-0.15, -0.1) is 0 Å². The average molecular weight is 339 g/mol. The summed E-state index contributed by atoms with van der Waals surface area (Å²) < 4.78 is 0. The van der Waals surface area contributed by atoms with Crippen molar-refractivity contribution in [2.75, 3.05) is 23.3 Å². The standard InChI is InChI=1S/C21H29N3O/c1-5-9-17-10-8-11-18(14-17)24(12-6-2)21(25)19-15-23-20(22-7-3)13-16(19)4/h8,10-11,13-15H,5-7,9,12H2,1-4H3,(H,22,23). The molecule has 0 spiro atoms. The Hall–Kier alpha value is -2.36. The van der Waals surface area contributed by atoms with Crippen LogP contribution in [0.5, 0.6) is 0 Å². The number of nitrogens with zero attached hydrogens (tertiary/aromatic N) is 2. The van der Waals surface area contributed by atoms with Gasteiger partial charge in [0, 0.05) is 25.0 Å². The van der Waals surface area contributed by atoms with Crippen molar-refractivity contribution in [3.63, 3.8) is 0 Å². The number of hydrogen-bond acceptors (Lipinski definition) is 3. The zero-order chi connectivity index (χ0) is 18.2. The molecule has 0 aliphatic carbocycles. The average Bonchev–Trinajstić information content (AvgIpc) is 2.60. The highest BCUT2D eigenvalue weighted by Gasteiger charge is 2.19. The Kier molecular flexibility index (Phi) is 6.99. The number of rotatable bonds is 8. The molecule has 0 fully saturated rings. The molecule has 0 saturated heterocycles. The fourth-order valence-corrected chi connectivity index (χ4v) is 2.94. The van der Waals surface area contributed by atoms with Crippen molar-refractivity contribution < 1.29 is 4.79 Å². The maximum absolute atomic E-state index is 13.2. The van der Waals surface area contributed by atoms with Crippen LogP contribution in [0.3, 0.4) is 0 Å². The molecule has 0 atom stereocenters. The first-order valence-electron chi connectivity index (χ1n) is 9.22.